The summed E-state index contributed by atoms with van der Waals surface area (Å²) in [5, 5.41) is 1.25. The van der Waals surface area contributed by atoms with Crippen LogP contribution in [0.5, 0.6) is 0 Å². The first kappa shape index (κ1) is 9.47. The van der Waals surface area contributed by atoms with Crippen molar-refractivity contribution >= 4 is 14.6 Å². The van der Waals surface area contributed by atoms with Crippen molar-refractivity contribution in [2.75, 3.05) is 0 Å². The number of hydrogen-bond acceptors (Lipinski definition) is 2. The Balaban J connectivity index is 2.40. The minimum Gasteiger partial charge on any atom is -0.289 e. The summed E-state index contributed by atoms with van der Waals surface area (Å²) in [6.45, 7) is 4.34. The van der Waals surface area contributed by atoms with E-state index in [2.05, 4.69) is 23.6 Å². The molecule has 12 heavy (non-hydrogen) atoms. The molecule has 0 aliphatic carbocycles. The second-order valence-electron chi connectivity index (χ2n) is 2.93. The van der Waals surface area contributed by atoms with Crippen LogP contribution in [0.25, 0.3) is 0 Å². The van der Waals surface area contributed by atoms with Crippen LogP contribution in [0.1, 0.15) is 32.0 Å². The normalized spacial score (nSPS) is 14.5. The Bertz CT molecular complexity index is 229. The maximum atomic E-state index is 4.43. The van der Waals surface area contributed by atoms with E-state index in [0.717, 1.165) is 0 Å². The molecular weight excluding hydrogens is 167 g/mol. The molecule has 66 valence electrons. The highest BCUT2D eigenvalue weighted by atomic mass is 31.0. The van der Waals surface area contributed by atoms with Gasteiger partial charge in [0.05, 0.1) is 0 Å². The molecule has 1 heterocycles. The van der Waals surface area contributed by atoms with Crippen LogP contribution in [0.3, 0.4) is 0 Å². The van der Waals surface area contributed by atoms with Crippen LogP contribution in [0.4, 0.5) is 0 Å². The van der Waals surface area contributed by atoms with Gasteiger partial charge in [0.1, 0.15) is 0 Å². The first-order valence-electron chi connectivity index (χ1n) is 4.35. The van der Waals surface area contributed by atoms with E-state index in [4.69, 9.17) is 0 Å². The number of aliphatic imine (C=N–C) groups is 1. The predicted octanol–water partition coefficient (Wildman–Crippen LogP) is 2.72. The van der Waals surface area contributed by atoms with Gasteiger partial charge in [-0.3, -0.25) is 4.99 Å². The maximum Gasteiger partial charge on any atom is 0.0471 e. The SMILES string of the molecule is CCCC(C)/N=C/c1ccn[pH]1. The van der Waals surface area contributed by atoms with Crippen molar-refractivity contribution in [3.63, 3.8) is 0 Å². The van der Waals surface area contributed by atoms with Crippen LogP contribution in [0, 0.1) is 0 Å². The van der Waals surface area contributed by atoms with E-state index in [-0.39, 0.29) is 0 Å². The zero-order chi connectivity index (χ0) is 8.81. The Hall–Kier alpha value is -0.620. The monoisotopic (exact) mass is 182 g/mol. The zero-order valence-electron chi connectivity index (χ0n) is 7.62. The Kier molecular flexibility index (Phi) is 4.02. The van der Waals surface area contributed by atoms with Crippen LogP contribution in [-0.4, -0.2) is 17.0 Å². The fourth-order valence-corrected chi connectivity index (χ4v) is 1.62. The highest BCUT2D eigenvalue weighted by Crippen LogP contribution is 2.08. The molecule has 2 atom stereocenters. The molecule has 0 fully saturated rings. The number of rotatable bonds is 4. The zero-order valence-corrected chi connectivity index (χ0v) is 8.62. The molecule has 0 N–H and O–H groups in total. The van der Waals surface area contributed by atoms with Crippen LogP contribution < -0.4 is 0 Å². The van der Waals surface area contributed by atoms with Crippen LogP contribution in [0.15, 0.2) is 17.3 Å². The maximum absolute atomic E-state index is 4.43. The second kappa shape index (κ2) is 5.10. The minimum atomic E-state index is 0.460. The van der Waals surface area contributed by atoms with Gasteiger partial charge in [0.2, 0.25) is 0 Å². The fraction of sp³-hybridized carbons (Fsp3) is 0.556. The summed E-state index contributed by atoms with van der Waals surface area (Å²) in [6, 6.07) is 2.49. The summed E-state index contributed by atoms with van der Waals surface area (Å²) in [6.07, 6.45) is 6.19. The first-order chi connectivity index (χ1) is 5.83. The van der Waals surface area contributed by atoms with Crippen LogP contribution >= 0.6 is 8.35 Å². The Morgan fingerprint density at radius 2 is 2.58 bits per heavy atom. The third-order valence-electron chi connectivity index (χ3n) is 1.70. The van der Waals surface area contributed by atoms with Gasteiger partial charge in [0.15, 0.2) is 0 Å². The van der Waals surface area contributed by atoms with Gasteiger partial charge < -0.3 is 0 Å². The van der Waals surface area contributed by atoms with Gasteiger partial charge in [-0.15, -0.1) is 0 Å². The van der Waals surface area contributed by atoms with Gasteiger partial charge in [0, 0.05) is 23.7 Å². The Morgan fingerprint density at radius 1 is 1.75 bits per heavy atom. The number of hydrogen-bond donors (Lipinski definition) is 0. The standard InChI is InChI=1S/C9H15N2P/c1-3-4-8(2)10-7-9-5-6-11-12-9/h5-8,12H,3-4H2,1-2H3/b10-7+. The molecule has 1 aromatic heterocycles. The quantitative estimate of drug-likeness (QED) is 0.657. The first-order valence-corrected chi connectivity index (χ1v) is 5.30. The fourth-order valence-electron chi connectivity index (χ4n) is 1.04. The molecule has 0 saturated heterocycles. The molecule has 0 bridgehead atoms. The van der Waals surface area contributed by atoms with Crippen molar-refractivity contribution in [2.45, 2.75) is 32.7 Å². The molecule has 0 saturated carbocycles. The van der Waals surface area contributed by atoms with Crippen molar-refractivity contribution in [2.24, 2.45) is 4.99 Å². The summed E-state index contributed by atoms with van der Waals surface area (Å²) in [5.41, 5.74) is 0. The average Bonchev–Trinajstić information content (AvgIpc) is 2.53. The topological polar surface area (TPSA) is 25.2 Å². The second-order valence-corrected chi connectivity index (χ2v) is 3.99. The highest BCUT2D eigenvalue weighted by molar-refractivity contribution is 7.27. The van der Waals surface area contributed by atoms with E-state index in [9.17, 15) is 0 Å². The molecule has 0 amide bonds. The molecule has 1 rings (SSSR count). The summed E-state index contributed by atoms with van der Waals surface area (Å²) in [5.74, 6) is 0. The molecule has 0 aliphatic rings. The summed E-state index contributed by atoms with van der Waals surface area (Å²) < 4.78 is 4.11. The lowest BCUT2D eigenvalue weighted by atomic mass is 10.2. The van der Waals surface area contributed by atoms with Crippen molar-refractivity contribution in [3.8, 4) is 0 Å². The third-order valence-corrected chi connectivity index (χ3v) is 2.53. The molecule has 2 unspecified atom stereocenters. The van der Waals surface area contributed by atoms with E-state index >= 15 is 0 Å². The van der Waals surface area contributed by atoms with E-state index in [1.807, 2.05) is 18.5 Å². The van der Waals surface area contributed by atoms with Crippen molar-refractivity contribution < 1.29 is 0 Å². The smallest absolute Gasteiger partial charge is 0.0471 e. The number of aromatic nitrogens is 1. The van der Waals surface area contributed by atoms with Gasteiger partial charge in [-0.2, -0.15) is 0 Å². The molecular formula is C9H15N2P. The number of nitrogens with zero attached hydrogens (tertiary/aromatic N) is 2. The molecule has 0 spiro atoms. The van der Waals surface area contributed by atoms with Crippen molar-refractivity contribution in [1.29, 1.82) is 0 Å². The van der Waals surface area contributed by atoms with Gasteiger partial charge >= 0.3 is 0 Å². The van der Waals surface area contributed by atoms with E-state index in [1.54, 1.807) is 0 Å². The van der Waals surface area contributed by atoms with Gasteiger partial charge in [-0.25, -0.2) is 4.75 Å². The highest BCUT2D eigenvalue weighted by Gasteiger charge is 1.94. The molecule has 0 radical (unpaired) electrons. The molecule has 3 heteroatoms. The lowest BCUT2D eigenvalue weighted by Crippen LogP contribution is -1.96. The van der Waals surface area contributed by atoms with Gasteiger partial charge in [-0.05, 0) is 27.8 Å². The van der Waals surface area contributed by atoms with E-state index in [1.165, 1.54) is 18.1 Å². The summed E-state index contributed by atoms with van der Waals surface area (Å²) >= 11 is 0. The lowest BCUT2D eigenvalue weighted by Gasteiger charge is -2.00. The average molecular weight is 182 g/mol. The predicted molar refractivity (Wildman–Crippen MR) is 55.7 cm³/mol. The van der Waals surface area contributed by atoms with Crippen LogP contribution in [0.2, 0.25) is 0 Å². The summed E-state index contributed by atoms with van der Waals surface area (Å²) in [4.78, 5) is 4.43. The molecule has 0 aromatic carbocycles. The largest absolute Gasteiger partial charge is 0.289 e. The van der Waals surface area contributed by atoms with Gasteiger partial charge in [-0.1, -0.05) is 13.3 Å². The van der Waals surface area contributed by atoms with Crippen LogP contribution in [-0.2, 0) is 0 Å². The third kappa shape index (κ3) is 3.19. The Morgan fingerprint density at radius 3 is 3.17 bits per heavy atom. The lowest BCUT2D eigenvalue weighted by molar-refractivity contribution is 0.657. The van der Waals surface area contributed by atoms with E-state index < -0.39 is 0 Å². The molecule has 1 aromatic rings. The van der Waals surface area contributed by atoms with Crippen molar-refractivity contribution in [1.82, 2.24) is 4.75 Å². The Labute approximate surface area is 75.3 Å². The summed E-state index contributed by atoms with van der Waals surface area (Å²) in [7, 11) is 0.583. The minimum absolute atomic E-state index is 0.460. The molecule has 2 nitrogen and oxygen atoms in total. The van der Waals surface area contributed by atoms with Crippen molar-refractivity contribution in [3.05, 3.63) is 17.6 Å². The molecule has 0 aliphatic heterocycles. The van der Waals surface area contributed by atoms with Gasteiger partial charge in [0.25, 0.3) is 0 Å². The van der Waals surface area contributed by atoms with E-state index in [0.29, 0.717) is 14.4 Å².